The second-order valence-corrected chi connectivity index (χ2v) is 6.81. The predicted molar refractivity (Wildman–Crippen MR) is 88.7 cm³/mol. The molecule has 0 atom stereocenters. The van der Waals surface area contributed by atoms with E-state index in [1.807, 2.05) is 7.05 Å². The molecule has 2 saturated carbocycles. The second kappa shape index (κ2) is 5.09. The van der Waals surface area contributed by atoms with Gasteiger partial charge in [-0.1, -0.05) is 18.2 Å². The molecule has 0 aliphatic heterocycles. The number of hydrogen-bond donors (Lipinski definition) is 1. The molecule has 21 heavy (non-hydrogen) atoms. The molecule has 1 N–H and O–H groups in total. The first-order valence-electron chi connectivity index (χ1n) is 7.62. The van der Waals surface area contributed by atoms with Crippen LogP contribution in [0.25, 0.3) is 11.4 Å². The van der Waals surface area contributed by atoms with Crippen LogP contribution in [0.4, 0.5) is 5.82 Å². The van der Waals surface area contributed by atoms with Gasteiger partial charge in [0, 0.05) is 18.5 Å². The van der Waals surface area contributed by atoms with Gasteiger partial charge in [0.1, 0.15) is 5.82 Å². The van der Waals surface area contributed by atoms with Gasteiger partial charge in [0.2, 0.25) is 0 Å². The molecule has 0 unspecified atom stereocenters. The highest BCUT2D eigenvalue weighted by atomic mass is 79.9. The molecule has 4 rings (SSSR count). The van der Waals surface area contributed by atoms with Crippen LogP contribution in [-0.4, -0.2) is 17.0 Å². The summed E-state index contributed by atoms with van der Waals surface area (Å²) in [6, 6.07) is 8.73. The van der Waals surface area contributed by atoms with Crippen molar-refractivity contribution in [3.05, 3.63) is 40.0 Å². The number of nitrogens with one attached hydrogen (secondary N) is 1. The standard InChI is InChI=1S/C17H18BrN3/c1-19-17-14(18)15(11-7-8-11)20-16(21-17)13-4-2-3-12(9-13)10-5-6-10/h2-4,9-11H,5-8H2,1H3,(H,19,20,21). The first-order valence-corrected chi connectivity index (χ1v) is 8.41. The predicted octanol–water partition coefficient (Wildman–Crippen LogP) is 4.70. The van der Waals surface area contributed by atoms with E-state index in [1.54, 1.807) is 0 Å². The molecule has 108 valence electrons. The molecular formula is C17H18BrN3. The van der Waals surface area contributed by atoms with Crippen LogP contribution in [0.15, 0.2) is 28.7 Å². The van der Waals surface area contributed by atoms with Crippen molar-refractivity contribution in [2.45, 2.75) is 37.5 Å². The van der Waals surface area contributed by atoms with E-state index < -0.39 is 0 Å². The molecule has 0 radical (unpaired) electrons. The lowest BCUT2D eigenvalue weighted by molar-refractivity contribution is 0.979. The van der Waals surface area contributed by atoms with Gasteiger partial charge in [-0.05, 0) is 59.2 Å². The van der Waals surface area contributed by atoms with Crippen molar-refractivity contribution in [3.63, 3.8) is 0 Å². The number of benzene rings is 1. The fourth-order valence-electron chi connectivity index (χ4n) is 2.73. The van der Waals surface area contributed by atoms with Crippen molar-refractivity contribution < 1.29 is 0 Å². The number of rotatable bonds is 4. The minimum Gasteiger partial charge on any atom is -0.372 e. The molecule has 2 aliphatic carbocycles. The van der Waals surface area contributed by atoms with Crippen LogP contribution in [0.1, 0.15) is 48.8 Å². The summed E-state index contributed by atoms with van der Waals surface area (Å²) in [4.78, 5) is 9.52. The van der Waals surface area contributed by atoms with Gasteiger partial charge in [-0.3, -0.25) is 0 Å². The summed E-state index contributed by atoms with van der Waals surface area (Å²) in [5.74, 6) is 3.08. The molecule has 3 nitrogen and oxygen atoms in total. The zero-order valence-electron chi connectivity index (χ0n) is 12.1. The molecular weight excluding hydrogens is 326 g/mol. The van der Waals surface area contributed by atoms with E-state index in [1.165, 1.54) is 31.2 Å². The monoisotopic (exact) mass is 343 g/mol. The zero-order valence-corrected chi connectivity index (χ0v) is 13.7. The molecule has 2 aromatic rings. The Balaban J connectivity index is 1.80. The lowest BCUT2D eigenvalue weighted by atomic mass is 10.1. The third kappa shape index (κ3) is 2.57. The Hall–Kier alpha value is -1.42. The Morgan fingerprint density at radius 1 is 1.10 bits per heavy atom. The maximum atomic E-state index is 4.84. The summed E-state index contributed by atoms with van der Waals surface area (Å²) in [6.07, 6.45) is 5.11. The molecule has 2 aliphatic rings. The largest absolute Gasteiger partial charge is 0.372 e. The van der Waals surface area contributed by atoms with Gasteiger partial charge in [0.25, 0.3) is 0 Å². The first kappa shape index (κ1) is 13.3. The lowest BCUT2D eigenvalue weighted by Gasteiger charge is -2.11. The van der Waals surface area contributed by atoms with Gasteiger partial charge in [-0.2, -0.15) is 0 Å². The fraction of sp³-hybridized carbons (Fsp3) is 0.412. The third-order valence-corrected chi connectivity index (χ3v) is 5.05. The first-order chi connectivity index (χ1) is 10.3. The Labute approximate surface area is 133 Å². The number of halogens is 1. The third-order valence-electron chi connectivity index (χ3n) is 4.27. The number of hydrogen-bond acceptors (Lipinski definition) is 3. The van der Waals surface area contributed by atoms with E-state index in [-0.39, 0.29) is 0 Å². The minimum atomic E-state index is 0.597. The summed E-state index contributed by atoms with van der Waals surface area (Å²) in [5.41, 5.74) is 3.71. The zero-order chi connectivity index (χ0) is 14.4. The highest BCUT2D eigenvalue weighted by Crippen LogP contribution is 2.45. The van der Waals surface area contributed by atoms with E-state index in [4.69, 9.17) is 4.98 Å². The van der Waals surface area contributed by atoms with Crippen molar-refractivity contribution in [1.29, 1.82) is 0 Å². The van der Waals surface area contributed by atoms with E-state index in [2.05, 4.69) is 50.5 Å². The van der Waals surface area contributed by atoms with Crippen molar-refractivity contribution in [2.75, 3.05) is 12.4 Å². The highest BCUT2D eigenvalue weighted by Gasteiger charge is 2.30. The van der Waals surface area contributed by atoms with Crippen LogP contribution in [0.2, 0.25) is 0 Å². The molecule has 0 spiro atoms. The van der Waals surface area contributed by atoms with E-state index >= 15 is 0 Å². The second-order valence-electron chi connectivity index (χ2n) is 6.02. The van der Waals surface area contributed by atoms with Gasteiger partial charge in [-0.25, -0.2) is 9.97 Å². The Bertz CT molecular complexity index is 690. The fourth-order valence-corrected chi connectivity index (χ4v) is 3.43. The Morgan fingerprint density at radius 2 is 1.86 bits per heavy atom. The number of nitrogens with zero attached hydrogens (tertiary/aromatic N) is 2. The van der Waals surface area contributed by atoms with Crippen LogP contribution in [0.3, 0.4) is 0 Å². The average molecular weight is 344 g/mol. The SMILES string of the molecule is CNc1nc(-c2cccc(C3CC3)c2)nc(C2CC2)c1Br. The normalized spacial score (nSPS) is 17.8. The molecule has 0 amide bonds. The topological polar surface area (TPSA) is 37.8 Å². The highest BCUT2D eigenvalue weighted by molar-refractivity contribution is 9.10. The summed E-state index contributed by atoms with van der Waals surface area (Å²) in [6.45, 7) is 0. The maximum absolute atomic E-state index is 4.84. The molecule has 1 aromatic carbocycles. The molecule has 0 saturated heterocycles. The Morgan fingerprint density at radius 3 is 2.52 bits per heavy atom. The average Bonchev–Trinajstić information content (AvgIpc) is 3.40. The van der Waals surface area contributed by atoms with E-state index in [9.17, 15) is 0 Å². The maximum Gasteiger partial charge on any atom is 0.161 e. The van der Waals surface area contributed by atoms with Crippen molar-refractivity contribution >= 4 is 21.7 Å². The molecule has 1 aromatic heterocycles. The van der Waals surface area contributed by atoms with Crippen molar-refractivity contribution in [1.82, 2.24) is 9.97 Å². The quantitative estimate of drug-likeness (QED) is 0.873. The van der Waals surface area contributed by atoms with E-state index in [0.29, 0.717) is 5.92 Å². The van der Waals surface area contributed by atoms with Gasteiger partial charge >= 0.3 is 0 Å². The van der Waals surface area contributed by atoms with Gasteiger partial charge in [0.05, 0.1) is 10.2 Å². The van der Waals surface area contributed by atoms with Gasteiger partial charge in [-0.15, -0.1) is 0 Å². The van der Waals surface area contributed by atoms with Crippen LogP contribution >= 0.6 is 15.9 Å². The number of anilines is 1. The minimum absolute atomic E-state index is 0.597. The molecule has 4 heteroatoms. The summed E-state index contributed by atoms with van der Waals surface area (Å²) in [7, 11) is 1.91. The van der Waals surface area contributed by atoms with Crippen molar-refractivity contribution in [2.24, 2.45) is 0 Å². The summed E-state index contributed by atoms with van der Waals surface area (Å²) >= 11 is 3.65. The Kier molecular flexibility index (Phi) is 3.21. The van der Waals surface area contributed by atoms with Crippen LogP contribution < -0.4 is 5.32 Å². The molecule has 0 bridgehead atoms. The van der Waals surface area contributed by atoms with Gasteiger partial charge in [0.15, 0.2) is 5.82 Å². The van der Waals surface area contributed by atoms with Crippen LogP contribution in [-0.2, 0) is 0 Å². The lowest BCUT2D eigenvalue weighted by Crippen LogP contribution is -2.02. The smallest absolute Gasteiger partial charge is 0.161 e. The molecule has 2 fully saturated rings. The summed E-state index contributed by atoms with van der Waals surface area (Å²) < 4.78 is 1.02. The van der Waals surface area contributed by atoms with Crippen LogP contribution in [0.5, 0.6) is 0 Å². The van der Waals surface area contributed by atoms with Gasteiger partial charge < -0.3 is 5.32 Å². The summed E-state index contributed by atoms with van der Waals surface area (Å²) in [5, 5.41) is 3.18. The number of aromatic nitrogens is 2. The van der Waals surface area contributed by atoms with Crippen molar-refractivity contribution in [3.8, 4) is 11.4 Å². The van der Waals surface area contributed by atoms with E-state index in [0.717, 1.165) is 33.3 Å². The molecule has 1 heterocycles. The van der Waals surface area contributed by atoms with Crippen LogP contribution in [0, 0.1) is 0 Å².